The molecular formula is C10H12Cl2N4O. The van der Waals surface area contributed by atoms with Gasteiger partial charge in [-0.2, -0.15) is 0 Å². The maximum Gasteiger partial charge on any atom is 0.211 e. The van der Waals surface area contributed by atoms with Crippen molar-refractivity contribution >= 4 is 35.2 Å². The lowest BCUT2D eigenvalue weighted by atomic mass is 10.2. The van der Waals surface area contributed by atoms with Gasteiger partial charge >= 0.3 is 0 Å². The van der Waals surface area contributed by atoms with Crippen molar-refractivity contribution in [1.82, 2.24) is 5.59 Å². The normalized spacial score (nSPS) is 10.9. The predicted molar refractivity (Wildman–Crippen MR) is 70.1 cm³/mol. The van der Waals surface area contributed by atoms with Crippen LogP contribution in [0.25, 0.3) is 6.08 Å². The van der Waals surface area contributed by atoms with Crippen LogP contribution in [0.1, 0.15) is 12.5 Å². The summed E-state index contributed by atoms with van der Waals surface area (Å²) in [6, 6.07) is 5.22. The summed E-state index contributed by atoms with van der Waals surface area (Å²) in [4.78, 5) is 5.01. The molecule has 1 aromatic carbocycles. The lowest BCUT2D eigenvalue weighted by molar-refractivity contribution is 0.112. The smallest absolute Gasteiger partial charge is 0.211 e. The van der Waals surface area contributed by atoms with E-state index in [1.54, 1.807) is 31.2 Å². The van der Waals surface area contributed by atoms with E-state index >= 15 is 0 Å². The third kappa shape index (κ3) is 4.42. The molecule has 17 heavy (non-hydrogen) atoms. The van der Waals surface area contributed by atoms with Crippen LogP contribution >= 0.6 is 23.2 Å². The van der Waals surface area contributed by atoms with Crippen molar-refractivity contribution in [3.8, 4) is 0 Å². The molecule has 5 nitrogen and oxygen atoms in total. The lowest BCUT2D eigenvalue weighted by Crippen LogP contribution is -2.26. The van der Waals surface area contributed by atoms with E-state index in [0.717, 1.165) is 0 Å². The highest BCUT2D eigenvalue weighted by atomic mass is 35.5. The minimum atomic E-state index is -0.131. The van der Waals surface area contributed by atoms with E-state index in [2.05, 4.69) is 10.7 Å². The minimum absolute atomic E-state index is 0.131. The maximum atomic E-state index is 5.99. The summed E-state index contributed by atoms with van der Waals surface area (Å²) >= 11 is 12.0. The van der Waals surface area contributed by atoms with Crippen molar-refractivity contribution in [3.05, 3.63) is 39.6 Å². The molecule has 0 aliphatic rings. The van der Waals surface area contributed by atoms with Gasteiger partial charge in [-0.3, -0.25) is 0 Å². The van der Waals surface area contributed by atoms with Crippen LogP contribution in [0, 0.1) is 0 Å². The zero-order chi connectivity index (χ0) is 12.8. The molecule has 92 valence electrons. The molecule has 0 atom stereocenters. The Morgan fingerprint density at radius 2 is 1.94 bits per heavy atom. The molecule has 0 amide bonds. The fourth-order valence-corrected chi connectivity index (χ4v) is 1.54. The van der Waals surface area contributed by atoms with Crippen LogP contribution < -0.4 is 17.1 Å². The maximum absolute atomic E-state index is 5.99. The van der Waals surface area contributed by atoms with E-state index in [4.69, 9.17) is 39.5 Å². The van der Waals surface area contributed by atoms with Gasteiger partial charge in [0.15, 0.2) is 0 Å². The second kappa shape index (κ2) is 6.22. The molecule has 1 rings (SSSR count). The van der Waals surface area contributed by atoms with Crippen molar-refractivity contribution in [3.63, 3.8) is 0 Å². The summed E-state index contributed by atoms with van der Waals surface area (Å²) in [7, 11) is 0. The third-order valence-corrected chi connectivity index (χ3v) is 2.39. The molecule has 0 aliphatic carbocycles. The van der Waals surface area contributed by atoms with Gasteiger partial charge in [-0.25, -0.2) is 0 Å². The van der Waals surface area contributed by atoms with E-state index < -0.39 is 0 Å². The Morgan fingerprint density at radius 1 is 1.35 bits per heavy atom. The number of guanidine groups is 1. The second-order valence-electron chi connectivity index (χ2n) is 3.12. The Kier molecular flexibility index (Phi) is 4.93. The number of nitrogens with zero attached hydrogens (tertiary/aromatic N) is 1. The van der Waals surface area contributed by atoms with E-state index in [9.17, 15) is 0 Å². The Balaban J connectivity index is 2.77. The topological polar surface area (TPSA) is 85.7 Å². The molecule has 5 N–H and O–H groups in total. The summed E-state index contributed by atoms with van der Waals surface area (Å²) in [5, 5.41) is 4.50. The Bertz CT molecular complexity index is 435. The first kappa shape index (κ1) is 13.5. The highest BCUT2D eigenvalue weighted by molar-refractivity contribution is 6.37. The van der Waals surface area contributed by atoms with Crippen LogP contribution in [-0.4, -0.2) is 5.96 Å². The number of allylic oxidation sites excluding steroid dienone is 1. The monoisotopic (exact) mass is 274 g/mol. The van der Waals surface area contributed by atoms with Crippen molar-refractivity contribution in [2.45, 2.75) is 6.92 Å². The summed E-state index contributed by atoms with van der Waals surface area (Å²) in [5.74, 6) is 0.374. The molecule has 0 saturated carbocycles. The SMILES string of the molecule is C/C(=C\c1c(Cl)cccc1Cl)ONN=C(N)N. The van der Waals surface area contributed by atoms with Gasteiger partial charge in [0.1, 0.15) is 5.76 Å². The average Bonchev–Trinajstić information content (AvgIpc) is 2.23. The van der Waals surface area contributed by atoms with E-state index in [-0.39, 0.29) is 5.96 Å². The summed E-state index contributed by atoms with van der Waals surface area (Å²) in [6.45, 7) is 1.70. The minimum Gasteiger partial charge on any atom is -0.370 e. The summed E-state index contributed by atoms with van der Waals surface area (Å²) in [5.41, 5.74) is 13.1. The van der Waals surface area contributed by atoms with Crippen molar-refractivity contribution in [2.24, 2.45) is 16.6 Å². The molecule has 0 fully saturated rings. The number of halogens is 2. The standard InChI is InChI=1S/C10H12Cl2N4O/c1-6(17-16-15-10(13)14)5-7-8(11)3-2-4-9(7)12/h2-5,16H,1H3,(H4,13,14,15)/b6-5+. The first-order chi connectivity index (χ1) is 8.00. The van der Waals surface area contributed by atoms with Crippen molar-refractivity contribution in [1.29, 1.82) is 0 Å². The molecule has 0 radical (unpaired) electrons. The quantitative estimate of drug-likeness (QED) is 0.340. The number of nitrogens with one attached hydrogen (secondary N) is 1. The second-order valence-corrected chi connectivity index (χ2v) is 3.93. The predicted octanol–water partition coefficient (Wildman–Crippen LogP) is 2.06. The zero-order valence-electron chi connectivity index (χ0n) is 9.08. The highest BCUT2D eigenvalue weighted by Crippen LogP contribution is 2.26. The number of hydrogen-bond donors (Lipinski definition) is 3. The van der Waals surface area contributed by atoms with Crippen LogP contribution in [-0.2, 0) is 4.84 Å². The molecule has 0 saturated heterocycles. The van der Waals surface area contributed by atoms with Gasteiger partial charge in [-0.05, 0) is 25.1 Å². The van der Waals surface area contributed by atoms with Crippen molar-refractivity contribution in [2.75, 3.05) is 0 Å². The number of rotatable bonds is 4. The zero-order valence-corrected chi connectivity index (χ0v) is 10.6. The van der Waals surface area contributed by atoms with Crippen LogP contribution in [0.2, 0.25) is 10.0 Å². The molecule has 1 aromatic rings. The van der Waals surface area contributed by atoms with Gasteiger partial charge in [0.25, 0.3) is 0 Å². The highest BCUT2D eigenvalue weighted by Gasteiger charge is 2.03. The first-order valence-electron chi connectivity index (χ1n) is 4.63. The molecule has 0 aliphatic heterocycles. The number of hydrogen-bond acceptors (Lipinski definition) is 3. The number of benzene rings is 1. The van der Waals surface area contributed by atoms with Gasteiger partial charge < -0.3 is 16.3 Å². The third-order valence-electron chi connectivity index (χ3n) is 1.73. The van der Waals surface area contributed by atoms with E-state index in [0.29, 0.717) is 21.4 Å². The van der Waals surface area contributed by atoms with Crippen molar-refractivity contribution < 1.29 is 4.84 Å². The molecule has 0 spiro atoms. The summed E-state index contributed by atoms with van der Waals surface area (Å²) < 4.78 is 0. The molecular weight excluding hydrogens is 263 g/mol. The van der Waals surface area contributed by atoms with Gasteiger partial charge in [0.2, 0.25) is 5.96 Å². The van der Waals surface area contributed by atoms with Gasteiger partial charge in [0.05, 0.1) is 0 Å². The molecule has 7 heteroatoms. The summed E-state index contributed by atoms with van der Waals surface area (Å²) in [6.07, 6.45) is 1.67. The van der Waals surface area contributed by atoms with Crippen LogP contribution in [0.5, 0.6) is 0 Å². The van der Waals surface area contributed by atoms with Crippen LogP contribution in [0.3, 0.4) is 0 Å². The average molecular weight is 275 g/mol. The fraction of sp³-hybridized carbons (Fsp3) is 0.100. The fourth-order valence-electron chi connectivity index (χ4n) is 1.03. The lowest BCUT2D eigenvalue weighted by Gasteiger charge is -2.05. The molecule has 0 aromatic heterocycles. The number of nitrogens with two attached hydrogens (primary N) is 2. The van der Waals surface area contributed by atoms with Gasteiger partial charge in [-0.1, -0.05) is 29.3 Å². The Morgan fingerprint density at radius 3 is 2.47 bits per heavy atom. The first-order valence-corrected chi connectivity index (χ1v) is 5.39. The van der Waals surface area contributed by atoms with E-state index in [1.807, 2.05) is 0 Å². The van der Waals surface area contributed by atoms with E-state index in [1.165, 1.54) is 0 Å². The van der Waals surface area contributed by atoms with Gasteiger partial charge in [-0.15, -0.1) is 10.7 Å². The molecule has 0 heterocycles. The Labute approximate surface area is 109 Å². The van der Waals surface area contributed by atoms with Crippen LogP contribution in [0.15, 0.2) is 29.1 Å². The molecule has 0 bridgehead atoms. The number of hydrazone groups is 1. The van der Waals surface area contributed by atoms with Crippen LogP contribution in [0.4, 0.5) is 0 Å². The molecule has 0 unspecified atom stereocenters. The van der Waals surface area contributed by atoms with Gasteiger partial charge in [0, 0.05) is 15.6 Å². The Hall–Kier alpha value is -1.59. The largest absolute Gasteiger partial charge is 0.370 e.